The smallest absolute Gasteiger partial charge is 0.229 e. The molecule has 9 heteroatoms. The first-order valence-electron chi connectivity index (χ1n) is 13.6. The van der Waals surface area contributed by atoms with Crippen molar-refractivity contribution >= 4 is 11.6 Å². The molecule has 1 aromatic rings. The molecule has 0 unspecified atom stereocenters. The second-order valence-electron chi connectivity index (χ2n) is 11.5. The number of hydrogen-bond acceptors (Lipinski definition) is 9. The molecule has 4 aliphatic carbocycles. The fourth-order valence-corrected chi connectivity index (χ4v) is 7.23. The number of carbonyl (C=O) groups is 2. The van der Waals surface area contributed by atoms with Gasteiger partial charge in [0.05, 0.1) is 24.0 Å². The molecular formula is C29H34O9. The van der Waals surface area contributed by atoms with E-state index in [9.17, 15) is 35.1 Å². The molecule has 1 saturated heterocycles. The number of fused-ring (bicyclic) bond motifs is 3. The molecule has 204 valence electrons. The molecule has 6 rings (SSSR count). The monoisotopic (exact) mass is 526 g/mol. The maximum atomic E-state index is 13.9. The number of aliphatic hydroxyl groups is 5. The number of Topliss-reactive ketones (excluding diaryl/α,β-unsaturated/α-hetero) is 2. The molecule has 0 bridgehead atoms. The highest BCUT2D eigenvalue weighted by molar-refractivity contribution is 6.19. The maximum absolute atomic E-state index is 13.9. The summed E-state index contributed by atoms with van der Waals surface area (Å²) in [6.07, 6.45) is 2.76. The quantitative estimate of drug-likeness (QED) is 0.399. The predicted molar refractivity (Wildman–Crippen MR) is 134 cm³/mol. The predicted octanol–water partition coefficient (Wildman–Crippen LogP) is 2.36. The van der Waals surface area contributed by atoms with E-state index in [-0.39, 0.29) is 33.8 Å². The van der Waals surface area contributed by atoms with E-state index in [1.165, 1.54) is 25.3 Å². The van der Waals surface area contributed by atoms with Crippen molar-refractivity contribution in [2.24, 2.45) is 17.3 Å². The van der Waals surface area contributed by atoms with Crippen molar-refractivity contribution in [1.29, 1.82) is 0 Å². The molecule has 1 aliphatic heterocycles. The van der Waals surface area contributed by atoms with Gasteiger partial charge in [0.25, 0.3) is 0 Å². The lowest BCUT2D eigenvalue weighted by Crippen LogP contribution is -2.60. The lowest BCUT2D eigenvalue weighted by atomic mass is 9.59. The summed E-state index contributed by atoms with van der Waals surface area (Å²) in [5.74, 6) is -2.66. The third kappa shape index (κ3) is 3.95. The summed E-state index contributed by atoms with van der Waals surface area (Å²) in [6.45, 7) is -0.629. The Balaban J connectivity index is 1.33. The van der Waals surface area contributed by atoms with Gasteiger partial charge in [0.15, 0.2) is 11.6 Å². The van der Waals surface area contributed by atoms with E-state index in [1.54, 1.807) is 12.1 Å². The van der Waals surface area contributed by atoms with E-state index in [4.69, 9.17) is 9.47 Å². The van der Waals surface area contributed by atoms with E-state index in [0.29, 0.717) is 6.42 Å². The van der Waals surface area contributed by atoms with Crippen LogP contribution in [0.4, 0.5) is 0 Å². The topological polar surface area (TPSA) is 154 Å². The van der Waals surface area contributed by atoms with Gasteiger partial charge in [-0.3, -0.25) is 9.59 Å². The first-order valence-corrected chi connectivity index (χ1v) is 13.6. The van der Waals surface area contributed by atoms with Gasteiger partial charge in [0, 0.05) is 5.56 Å². The molecule has 0 amide bonds. The van der Waals surface area contributed by atoms with Gasteiger partial charge in [-0.2, -0.15) is 0 Å². The van der Waals surface area contributed by atoms with Crippen LogP contribution in [0.2, 0.25) is 0 Å². The van der Waals surface area contributed by atoms with Gasteiger partial charge in [-0.15, -0.1) is 0 Å². The standard InChI is InChI=1S/C29H34O9/c30-13-19-24(33)26(35)27(36)28(38-19)37-18-6-4-5-16-20(18)25(34)21-17(22(16)31)11-14-12-29(8-2-1-3-9-29)10-7-15(14)23(21)32/h4-6,11,17,19,21,24,26-28,30,32-33,35-36H,1-3,7-10,12-13H2/t17-,19+,21-,24+,26-,27+,28+/m0/s1. The van der Waals surface area contributed by atoms with Crippen LogP contribution in [0.25, 0.3) is 0 Å². The van der Waals surface area contributed by atoms with E-state index in [0.717, 1.165) is 36.8 Å². The summed E-state index contributed by atoms with van der Waals surface area (Å²) < 4.78 is 11.2. The van der Waals surface area contributed by atoms with Crippen molar-refractivity contribution in [1.82, 2.24) is 0 Å². The third-order valence-electron chi connectivity index (χ3n) is 9.33. The van der Waals surface area contributed by atoms with Gasteiger partial charge in [-0.1, -0.05) is 37.5 Å². The number of ether oxygens (including phenoxy) is 2. The normalized spacial score (nSPS) is 36.3. The maximum Gasteiger partial charge on any atom is 0.229 e. The Labute approximate surface area is 220 Å². The van der Waals surface area contributed by atoms with Crippen molar-refractivity contribution in [3.63, 3.8) is 0 Å². The van der Waals surface area contributed by atoms with Gasteiger partial charge >= 0.3 is 0 Å². The molecule has 0 radical (unpaired) electrons. The second kappa shape index (κ2) is 9.57. The number of rotatable bonds is 3. The molecule has 5 aliphatic rings. The van der Waals surface area contributed by atoms with Crippen LogP contribution in [0.5, 0.6) is 5.75 Å². The summed E-state index contributed by atoms with van der Waals surface area (Å²) in [5, 5.41) is 51.4. The molecule has 1 heterocycles. The van der Waals surface area contributed by atoms with Gasteiger partial charge in [0.1, 0.15) is 35.9 Å². The van der Waals surface area contributed by atoms with E-state index in [2.05, 4.69) is 0 Å². The summed E-state index contributed by atoms with van der Waals surface area (Å²) >= 11 is 0. The van der Waals surface area contributed by atoms with E-state index >= 15 is 0 Å². The number of aliphatic hydroxyl groups excluding tert-OH is 5. The first-order chi connectivity index (χ1) is 18.2. The highest BCUT2D eigenvalue weighted by Gasteiger charge is 2.50. The molecule has 7 atom stereocenters. The van der Waals surface area contributed by atoms with Crippen molar-refractivity contribution in [3.05, 3.63) is 52.3 Å². The van der Waals surface area contributed by atoms with Crippen LogP contribution < -0.4 is 4.74 Å². The zero-order chi connectivity index (χ0) is 26.8. The molecule has 0 aromatic heterocycles. The van der Waals surface area contributed by atoms with Crippen LogP contribution in [-0.4, -0.2) is 74.4 Å². The lowest BCUT2D eigenvalue weighted by Gasteiger charge is -2.45. The minimum Gasteiger partial charge on any atom is -0.511 e. The Morgan fingerprint density at radius 2 is 1.74 bits per heavy atom. The van der Waals surface area contributed by atoms with Crippen molar-refractivity contribution in [3.8, 4) is 5.75 Å². The molecule has 2 saturated carbocycles. The van der Waals surface area contributed by atoms with Crippen molar-refractivity contribution in [2.45, 2.75) is 82.1 Å². The lowest BCUT2D eigenvalue weighted by molar-refractivity contribution is -0.277. The molecule has 38 heavy (non-hydrogen) atoms. The van der Waals surface area contributed by atoms with Crippen molar-refractivity contribution < 1.29 is 44.6 Å². The van der Waals surface area contributed by atoms with E-state index < -0.39 is 54.9 Å². The highest BCUT2D eigenvalue weighted by atomic mass is 16.7. The minimum absolute atomic E-state index is 0.0146. The Kier molecular flexibility index (Phi) is 6.47. The summed E-state index contributed by atoms with van der Waals surface area (Å²) in [6, 6.07) is 4.55. The molecule has 3 fully saturated rings. The number of hydrogen-bond donors (Lipinski definition) is 5. The van der Waals surface area contributed by atoms with E-state index in [1.807, 2.05) is 6.08 Å². The SMILES string of the molecule is O=C1c2c(O[C@@H]3O[C@H](CO)[C@@H](O)[C@H](O)[C@H]3O)cccc2C(=O)[C@H]2C=C3CC4(CCCCC4)CCC3=C(O)[C@@H]12. The fourth-order valence-electron chi connectivity index (χ4n) is 7.23. The van der Waals surface area contributed by atoms with Crippen LogP contribution in [0.15, 0.2) is 41.2 Å². The molecule has 9 nitrogen and oxygen atoms in total. The third-order valence-corrected chi connectivity index (χ3v) is 9.33. The fraction of sp³-hybridized carbons (Fsp3) is 0.586. The van der Waals surface area contributed by atoms with Crippen LogP contribution in [0, 0.1) is 17.3 Å². The zero-order valence-corrected chi connectivity index (χ0v) is 21.1. The molecule has 1 aromatic carbocycles. The largest absolute Gasteiger partial charge is 0.511 e. The first kappa shape index (κ1) is 25.7. The Morgan fingerprint density at radius 1 is 0.974 bits per heavy atom. The number of benzene rings is 1. The van der Waals surface area contributed by atoms with Gasteiger partial charge in [-0.25, -0.2) is 0 Å². The average Bonchev–Trinajstić information content (AvgIpc) is 2.92. The molecular weight excluding hydrogens is 492 g/mol. The zero-order valence-electron chi connectivity index (χ0n) is 21.1. The average molecular weight is 527 g/mol. The minimum atomic E-state index is -1.67. The van der Waals surface area contributed by atoms with Crippen LogP contribution >= 0.6 is 0 Å². The van der Waals surface area contributed by atoms with Gasteiger partial charge in [-0.05, 0) is 54.7 Å². The Morgan fingerprint density at radius 3 is 2.47 bits per heavy atom. The van der Waals surface area contributed by atoms with Crippen molar-refractivity contribution in [2.75, 3.05) is 6.61 Å². The summed E-state index contributed by atoms with van der Waals surface area (Å²) in [4.78, 5) is 27.6. The highest BCUT2D eigenvalue weighted by Crippen LogP contribution is 2.54. The molecule has 5 N–H and O–H groups in total. The Bertz CT molecular complexity index is 1210. The van der Waals surface area contributed by atoms with Gasteiger partial charge in [0.2, 0.25) is 6.29 Å². The molecule has 1 spiro atoms. The van der Waals surface area contributed by atoms with Crippen LogP contribution in [-0.2, 0) is 4.74 Å². The second-order valence-corrected chi connectivity index (χ2v) is 11.5. The number of ketones is 2. The number of carbonyl (C=O) groups excluding carboxylic acids is 2. The number of allylic oxidation sites excluding steroid dienone is 4. The van der Waals surface area contributed by atoms with Crippen LogP contribution in [0.1, 0.15) is 72.1 Å². The van der Waals surface area contributed by atoms with Gasteiger partial charge < -0.3 is 35.0 Å². The summed E-state index contributed by atoms with van der Waals surface area (Å²) in [5.41, 5.74) is 2.13. The summed E-state index contributed by atoms with van der Waals surface area (Å²) in [7, 11) is 0. The Hall–Kier alpha value is -2.56. The van der Waals surface area contributed by atoms with Crippen LogP contribution in [0.3, 0.4) is 0 Å².